The zero-order valence-corrected chi connectivity index (χ0v) is 12.6. The van der Waals surface area contributed by atoms with E-state index in [4.69, 9.17) is 5.73 Å². The lowest BCUT2D eigenvalue weighted by atomic mass is 9.91. The summed E-state index contributed by atoms with van der Waals surface area (Å²) >= 11 is 0. The molecule has 1 aromatic heterocycles. The molecule has 112 valence electrons. The Morgan fingerprint density at radius 1 is 1.65 bits per heavy atom. The predicted octanol–water partition coefficient (Wildman–Crippen LogP) is 0.0955. The van der Waals surface area contributed by atoms with Crippen molar-refractivity contribution in [1.82, 2.24) is 19.8 Å². The van der Waals surface area contributed by atoms with Gasteiger partial charge in [0.15, 0.2) is 0 Å². The van der Waals surface area contributed by atoms with E-state index < -0.39 is 5.54 Å². The van der Waals surface area contributed by atoms with E-state index in [-0.39, 0.29) is 5.91 Å². The summed E-state index contributed by atoms with van der Waals surface area (Å²) in [5, 5.41) is 3.34. The maximum atomic E-state index is 12.0. The van der Waals surface area contributed by atoms with Gasteiger partial charge < -0.3 is 15.6 Å². The summed E-state index contributed by atoms with van der Waals surface area (Å²) in [7, 11) is 3.98. The van der Waals surface area contributed by atoms with Gasteiger partial charge in [-0.15, -0.1) is 0 Å². The highest BCUT2D eigenvalue weighted by Gasteiger charge is 2.49. The Labute approximate surface area is 120 Å². The van der Waals surface area contributed by atoms with Crippen LogP contribution >= 0.6 is 0 Å². The zero-order chi connectivity index (χ0) is 14.8. The number of nitrogens with one attached hydrogen (secondary N) is 1. The van der Waals surface area contributed by atoms with Crippen LogP contribution < -0.4 is 11.1 Å². The number of carbonyl (C=O) groups is 1. The molecule has 1 fully saturated rings. The van der Waals surface area contributed by atoms with E-state index >= 15 is 0 Å². The van der Waals surface area contributed by atoms with E-state index in [0.29, 0.717) is 19.0 Å². The highest BCUT2D eigenvalue weighted by atomic mass is 16.1. The fraction of sp³-hybridized carbons (Fsp3) is 0.714. The molecule has 0 spiro atoms. The Morgan fingerprint density at radius 3 is 2.80 bits per heavy atom. The Morgan fingerprint density at radius 2 is 2.35 bits per heavy atom. The van der Waals surface area contributed by atoms with Crippen LogP contribution in [-0.4, -0.2) is 46.0 Å². The Balaban J connectivity index is 2.07. The molecule has 1 heterocycles. The van der Waals surface area contributed by atoms with Crippen molar-refractivity contribution in [2.24, 2.45) is 18.7 Å². The van der Waals surface area contributed by atoms with Gasteiger partial charge in [0.25, 0.3) is 0 Å². The summed E-state index contributed by atoms with van der Waals surface area (Å²) in [6, 6.07) is 0. The van der Waals surface area contributed by atoms with E-state index in [1.54, 1.807) is 6.20 Å². The average molecular weight is 279 g/mol. The summed E-state index contributed by atoms with van der Waals surface area (Å²) < 4.78 is 1.99. The summed E-state index contributed by atoms with van der Waals surface area (Å²) in [5.41, 5.74) is 5.10. The third-order valence-corrected chi connectivity index (χ3v) is 4.06. The third-order valence-electron chi connectivity index (χ3n) is 4.06. The minimum absolute atomic E-state index is 0.242. The van der Waals surface area contributed by atoms with Crippen LogP contribution in [0.15, 0.2) is 12.4 Å². The monoisotopic (exact) mass is 279 g/mol. The van der Waals surface area contributed by atoms with Gasteiger partial charge >= 0.3 is 0 Å². The second-order valence-corrected chi connectivity index (χ2v) is 5.77. The summed E-state index contributed by atoms with van der Waals surface area (Å²) in [4.78, 5) is 18.5. The van der Waals surface area contributed by atoms with Gasteiger partial charge in [-0.2, -0.15) is 0 Å². The molecule has 1 atom stereocenters. The van der Waals surface area contributed by atoms with Crippen molar-refractivity contribution in [1.29, 1.82) is 0 Å². The van der Waals surface area contributed by atoms with Gasteiger partial charge in [-0.1, -0.05) is 6.92 Å². The smallest absolute Gasteiger partial charge is 0.239 e. The quantitative estimate of drug-likeness (QED) is 0.707. The number of aromatic nitrogens is 2. The van der Waals surface area contributed by atoms with Gasteiger partial charge in [0.1, 0.15) is 11.4 Å². The Hall–Kier alpha value is -1.40. The summed E-state index contributed by atoms with van der Waals surface area (Å²) in [6.07, 6.45) is 5.86. The molecule has 1 aromatic rings. The number of rotatable bonds is 8. The number of amides is 1. The molecule has 1 amide bonds. The molecule has 1 saturated carbocycles. The van der Waals surface area contributed by atoms with Gasteiger partial charge in [-0.3, -0.25) is 9.69 Å². The van der Waals surface area contributed by atoms with E-state index in [0.717, 1.165) is 25.2 Å². The number of hydrogen-bond acceptors (Lipinski definition) is 4. The lowest BCUT2D eigenvalue weighted by Crippen LogP contribution is -2.62. The first-order chi connectivity index (χ1) is 9.49. The maximum absolute atomic E-state index is 12.0. The fourth-order valence-corrected chi connectivity index (χ4v) is 2.86. The number of imidazole rings is 1. The Bertz CT molecular complexity index is 468. The minimum atomic E-state index is -0.603. The summed E-state index contributed by atoms with van der Waals surface area (Å²) in [6.45, 7) is 4.08. The number of nitrogens with two attached hydrogens (primary N) is 1. The number of primary amides is 1. The van der Waals surface area contributed by atoms with Gasteiger partial charge in [0, 0.05) is 26.0 Å². The second kappa shape index (κ2) is 5.93. The predicted molar refractivity (Wildman–Crippen MR) is 77.9 cm³/mol. The number of carbonyl (C=O) groups excluding carboxylic acids is 1. The molecule has 0 aliphatic heterocycles. The molecule has 1 unspecified atom stereocenters. The van der Waals surface area contributed by atoms with Crippen LogP contribution in [0.4, 0.5) is 0 Å². The van der Waals surface area contributed by atoms with Gasteiger partial charge in [-0.25, -0.2) is 4.98 Å². The molecule has 2 rings (SSSR count). The van der Waals surface area contributed by atoms with Crippen LogP contribution in [0.2, 0.25) is 0 Å². The molecule has 0 saturated heterocycles. The van der Waals surface area contributed by atoms with Gasteiger partial charge in [0.05, 0.1) is 6.54 Å². The van der Waals surface area contributed by atoms with Gasteiger partial charge in [-0.05, 0) is 32.4 Å². The van der Waals surface area contributed by atoms with E-state index in [1.807, 2.05) is 31.8 Å². The highest BCUT2D eigenvalue weighted by molar-refractivity contribution is 5.86. The van der Waals surface area contributed by atoms with Crippen molar-refractivity contribution in [3.05, 3.63) is 18.2 Å². The molecule has 1 aliphatic carbocycles. The first kappa shape index (κ1) is 15.0. The van der Waals surface area contributed by atoms with Crippen LogP contribution in [0.5, 0.6) is 0 Å². The van der Waals surface area contributed by atoms with E-state index in [1.165, 1.54) is 0 Å². The first-order valence-electron chi connectivity index (χ1n) is 7.19. The molecule has 0 aromatic carbocycles. The third kappa shape index (κ3) is 3.02. The maximum Gasteiger partial charge on any atom is 0.239 e. The number of nitrogens with zero attached hydrogens (tertiary/aromatic N) is 3. The van der Waals surface area contributed by atoms with Crippen LogP contribution in [0, 0.1) is 5.92 Å². The van der Waals surface area contributed by atoms with E-state index in [2.05, 4.69) is 15.2 Å². The molecule has 20 heavy (non-hydrogen) atoms. The molecule has 6 nitrogen and oxygen atoms in total. The lowest BCUT2D eigenvalue weighted by molar-refractivity contribution is -0.126. The van der Waals surface area contributed by atoms with E-state index in [9.17, 15) is 4.79 Å². The van der Waals surface area contributed by atoms with Crippen molar-refractivity contribution >= 4 is 5.91 Å². The molecule has 1 aliphatic rings. The Kier molecular flexibility index (Phi) is 4.45. The molecule has 0 radical (unpaired) electrons. The molecule has 3 N–H and O–H groups in total. The second-order valence-electron chi connectivity index (χ2n) is 5.77. The highest BCUT2D eigenvalue weighted by Crippen LogP contribution is 2.40. The topological polar surface area (TPSA) is 76.2 Å². The van der Waals surface area contributed by atoms with Crippen molar-refractivity contribution < 1.29 is 4.79 Å². The minimum Gasteiger partial charge on any atom is -0.368 e. The zero-order valence-electron chi connectivity index (χ0n) is 12.6. The number of aryl methyl sites for hydroxylation is 1. The van der Waals surface area contributed by atoms with Crippen molar-refractivity contribution in [2.45, 2.75) is 31.8 Å². The van der Waals surface area contributed by atoms with Crippen LogP contribution in [0.3, 0.4) is 0 Å². The molecule has 0 bridgehead atoms. The van der Waals surface area contributed by atoms with Crippen molar-refractivity contribution in [3.8, 4) is 0 Å². The van der Waals surface area contributed by atoms with Crippen molar-refractivity contribution in [3.63, 3.8) is 0 Å². The first-order valence-corrected chi connectivity index (χ1v) is 7.19. The lowest BCUT2D eigenvalue weighted by Gasteiger charge is -2.35. The number of likely N-dealkylation sites (N-methyl/N-ethyl adjacent to an activating group) is 2. The van der Waals surface area contributed by atoms with Crippen LogP contribution in [-0.2, 0) is 18.4 Å². The SMILES string of the molecule is CCNC(CN(C)Cc1nccn1C)(C(N)=O)C1CC1. The average Bonchev–Trinajstić information content (AvgIpc) is 3.15. The largest absolute Gasteiger partial charge is 0.368 e. The van der Waals surface area contributed by atoms with Crippen molar-refractivity contribution in [2.75, 3.05) is 20.1 Å². The standard InChI is InChI=1S/C14H25N5O/c1-4-17-14(13(15)20,11-5-6-11)10-18(2)9-12-16-7-8-19(12)3/h7-8,11,17H,4-6,9-10H2,1-3H3,(H2,15,20). The fourth-order valence-electron chi connectivity index (χ4n) is 2.86. The molecular weight excluding hydrogens is 254 g/mol. The number of hydrogen-bond donors (Lipinski definition) is 2. The normalized spacial score (nSPS) is 18.2. The van der Waals surface area contributed by atoms with Gasteiger partial charge in [0.2, 0.25) is 5.91 Å². The molecular formula is C14H25N5O. The molecule has 6 heteroatoms. The summed E-state index contributed by atoms with van der Waals surface area (Å²) in [5.74, 6) is 1.11. The van der Waals surface area contributed by atoms with Crippen LogP contribution in [0.1, 0.15) is 25.6 Å². The van der Waals surface area contributed by atoms with Crippen LogP contribution in [0.25, 0.3) is 0 Å².